The van der Waals surface area contributed by atoms with Gasteiger partial charge in [0.25, 0.3) is 0 Å². The molecule has 1 atom stereocenters. The number of amides is 2. The van der Waals surface area contributed by atoms with Gasteiger partial charge in [0.1, 0.15) is 6.33 Å². The zero-order valence-electron chi connectivity index (χ0n) is 24.3. The minimum atomic E-state index is -0.642. The van der Waals surface area contributed by atoms with Gasteiger partial charge < -0.3 is 14.8 Å². The zero-order valence-corrected chi connectivity index (χ0v) is 25.8. The summed E-state index contributed by atoms with van der Waals surface area (Å²) in [5, 5.41) is 30.8. The third-order valence-corrected chi connectivity index (χ3v) is 7.55. The minimum absolute atomic E-state index is 0.171. The molecule has 234 valence electrons. The van der Waals surface area contributed by atoms with Crippen molar-refractivity contribution in [2.75, 3.05) is 19.0 Å². The van der Waals surface area contributed by atoms with Crippen molar-refractivity contribution in [2.24, 2.45) is 0 Å². The van der Waals surface area contributed by atoms with Crippen LogP contribution >= 0.6 is 23.2 Å². The van der Waals surface area contributed by atoms with Gasteiger partial charge in [-0.3, -0.25) is 10.1 Å². The van der Waals surface area contributed by atoms with Gasteiger partial charge in [-0.1, -0.05) is 35.3 Å². The van der Waals surface area contributed by atoms with Crippen molar-refractivity contribution < 1.29 is 19.1 Å². The molecule has 0 aliphatic carbocycles. The molecule has 2 amide bonds. The van der Waals surface area contributed by atoms with Crippen molar-refractivity contribution >= 4 is 47.0 Å². The Bertz CT molecular complexity index is 1870. The van der Waals surface area contributed by atoms with Crippen LogP contribution in [0.15, 0.2) is 67.0 Å². The molecule has 2 aromatic carbocycles. The number of tetrazole rings is 1. The van der Waals surface area contributed by atoms with Gasteiger partial charge in [-0.25, -0.2) is 9.48 Å². The van der Waals surface area contributed by atoms with Crippen molar-refractivity contribution in [3.8, 4) is 22.7 Å². The molecule has 2 N–H and O–H groups in total. The molecule has 0 saturated carbocycles. The number of rotatable bonds is 9. The Labute approximate surface area is 272 Å². The van der Waals surface area contributed by atoms with Crippen LogP contribution in [0.25, 0.3) is 22.9 Å². The maximum atomic E-state index is 13.4. The average Bonchev–Trinajstić information content (AvgIpc) is 3.74. The lowest BCUT2D eigenvalue weighted by Gasteiger charge is -2.17. The highest BCUT2D eigenvalue weighted by Crippen LogP contribution is 2.30. The minimum Gasteiger partial charge on any atom is -0.478 e. The molecular weight excluding hydrogens is 635 g/mol. The van der Waals surface area contributed by atoms with Crippen molar-refractivity contribution in [2.45, 2.75) is 25.4 Å². The molecule has 5 aromatic rings. The van der Waals surface area contributed by atoms with Crippen LogP contribution in [-0.4, -0.2) is 65.9 Å². The van der Waals surface area contributed by atoms with Gasteiger partial charge in [0.15, 0.2) is 5.15 Å². The van der Waals surface area contributed by atoms with E-state index in [0.29, 0.717) is 57.8 Å². The van der Waals surface area contributed by atoms with Gasteiger partial charge in [0.2, 0.25) is 11.8 Å². The quantitative estimate of drug-likeness (QED) is 0.212. The fourth-order valence-electron chi connectivity index (χ4n) is 4.85. The second-order valence-electron chi connectivity index (χ2n) is 10.1. The van der Waals surface area contributed by atoms with Gasteiger partial charge in [-0.15, -0.1) is 10.2 Å². The Morgan fingerprint density at radius 1 is 1.11 bits per heavy atom. The number of nitrogens with one attached hydrogen (secondary N) is 2. The number of hydrogen-bond acceptors (Lipinski definition) is 10. The van der Waals surface area contributed by atoms with Crippen LogP contribution in [0.1, 0.15) is 29.4 Å². The third kappa shape index (κ3) is 7.14. The average molecular weight is 662 g/mol. The first-order valence-electron chi connectivity index (χ1n) is 14.1. The highest BCUT2D eigenvalue weighted by atomic mass is 35.5. The van der Waals surface area contributed by atoms with Gasteiger partial charge in [-0.2, -0.15) is 14.9 Å². The summed E-state index contributed by atoms with van der Waals surface area (Å²) in [6.07, 6.45) is 5.04. The van der Waals surface area contributed by atoms with Crippen LogP contribution in [0, 0.1) is 0 Å². The topological polar surface area (TPSA) is 164 Å². The number of carbonyl (C=O) groups excluding carboxylic acids is 2. The molecule has 0 spiro atoms. The third-order valence-electron chi connectivity index (χ3n) is 7.04. The molecule has 14 nitrogen and oxygen atoms in total. The zero-order chi connectivity index (χ0) is 32.0. The predicted octanol–water partition coefficient (Wildman–Crippen LogP) is 4.70. The molecular formula is C30H26Cl2N10O4. The smallest absolute Gasteiger partial charge is 0.411 e. The first-order valence-corrected chi connectivity index (χ1v) is 14.8. The van der Waals surface area contributed by atoms with E-state index in [0.717, 1.165) is 18.5 Å². The Hall–Kier alpha value is -5.34. The monoisotopic (exact) mass is 660 g/mol. The summed E-state index contributed by atoms with van der Waals surface area (Å²) in [6.45, 7) is 1.36. The summed E-state index contributed by atoms with van der Waals surface area (Å²) in [7, 11) is 1.29. The van der Waals surface area contributed by atoms with Crippen LogP contribution in [-0.2, 0) is 22.5 Å². The van der Waals surface area contributed by atoms with Crippen molar-refractivity contribution in [1.82, 2.24) is 45.5 Å². The number of nitrogens with zero attached hydrogens (tertiary/aromatic N) is 8. The number of methoxy groups -OCH3 is 1. The molecule has 6 rings (SSSR count). The number of aromatic nitrogens is 8. The fraction of sp³-hybridized carbons (Fsp3) is 0.200. The highest BCUT2D eigenvalue weighted by molar-refractivity contribution is 6.32. The summed E-state index contributed by atoms with van der Waals surface area (Å²) >= 11 is 12.7. The van der Waals surface area contributed by atoms with Crippen LogP contribution in [0.3, 0.4) is 0 Å². The number of halogens is 2. The van der Waals surface area contributed by atoms with E-state index in [2.05, 4.69) is 46.2 Å². The van der Waals surface area contributed by atoms with Crippen LogP contribution in [0.4, 0.5) is 10.5 Å². The molecule has 16 heteroatoms. The Balaban J connectivity index is 1.29. The Morgan fingerprint density at radius 2 is 1.96 bits per heavy atom. The number of hydrogen-bond donors (Lipinski definition) is 2. The normalized spacial score (nSPS) is 13.1. The summed E-state index contributed by atoms with van der Waals surface area (Å²) in [5.74, 6) is 0.273. The fourth-order valence-corrected chi connectivity index (χ4v) is 5.23. The number of ether oxygens (including phenoxy) is 2. The Morgan fingerprint density at radius 3 is 2.72 bits per heavy atom. The summed E-state index contributed by atoms with van der Waals surface area (Å²) in [5.41, 5.74) is 4.29. The number of fused-ring (bicyclic) bond motifs is 1. The standard InChI is InChI=1S/C30H26Cl2N10O4/c1-45-30(44)34-21-7-3-18(4-8-21)23-16-25(36-37-29(23)32)24(14-22-15-28-41(38-22)11-2-12-46-28)35-27(43)10-5-19-13-20(31)6-9-26(19)42-17-33-39-40-42/h3-10,13,15-17,24H,2,11-12,14H2,1H3,(H,34,44)(H,35,43). The molecule has 0 bridgehead atoms. The lowest BCUT2D eigenvalue weighted by atomic mass is 10.0. The lowest BCUT2D eigenvalue weighted by molar-refractivity contribution is -0.117. The molecule has 0 fully saturated rings. The molecule has 46 heavy (non-hydrogen) atoms. The summed E-state index contributed by atoms with van der Waals surface area (Å²) in [6, 6.07) is 15.1. The molecule has 3 aromatic heterocycles. The SMILES string of the molecule is COC(=O)Nc1ccc(-c2cc(C(Cc3cc4n(n3)CCCO4)NC(=O)C=Cc3cc(Cl)ccc3-n3cnnn3)nnc2Cl)cc1. The first-order chi connectivity index (χ1) is 22.4. The molecule has 4 heterocycles. The summed E-state index contributed by atoms with van der Waals surface area (Å²) < 4.78 is 13.7. The lowest BCUT2D eigenvalue weighted by Crippen LogP contribution is -2.29. The second kappa shape index (κ2) is 13.7. The summed E-state index contributed by atoms with van der Waals surface area (Å²) in [4.78, 5) is 25.0. The predicted molar refractivity (Wildman–Crippen MR) is 169 cm³/mol. The molecule has 0 radical (unpaired) electrons. The molecule has 1 aliphatic rings. The largest absolute Gasteiger partial charge is 0.478 e. The number of aryl methyl sites for hydroxylation is 1. The van der Waals surface area contributed by atoms with E-state index >= 15 is 0 Å². The number of benzene rings is 2. The van der Waals surface area contributed by atoms with E-state index in [1.807, 2.05) is 6.07 Å². The van der Waals surface area contributed by atoms with E-state index in [9.17, 15) is 9.59 Å². The Kier molecular flexibility index (Phi) is 9.17. The maximum Gasteiger partial charge on any atom is 0.411 e. The van der Waals surface area contributed by atoms with Gasteiger partial charge >= 0.3 is 6.09 Å². The van der Waals surface area contributed by atoms with E-state index < -0.39 is 18.0 Å². The highest BCUT2D eigenvalue weighted by Gasteiger charge is 2.22. The van der Waals surface area contributed by atoms with Crippen molar-refractivity contribution in [3.63, 3.8) is 0 Å². The van der Waals surface area contributed by atoms with Gasteiger partial charge in [0.05, 0.1) is 36.8 Å². The molecule has 0 saturated heterocycles. The number of carbonyl (C=O) groups is 2. The van der Waals surface area contributed by atoms with Crippen LogP contribution < -0.4 is 15.4 Å². The van der Waals surface area contributed by atoms with Crippen LogP contribution in [0.2, 0.25) is 10.2 Å². The van der Waals surface area contributed by atoms with E-state index in [4.69, 9.17) is 27.9 Å². The first kappa shape index (κ1) is 30.7. The van der Waals surface area contributed by atoms with Crippen molar-refractivity contribution in [3.05, 3.63) is 94.1 Å². The van der Waals surface area contributed by atoms with Gasteiger partial charge in [0, 0.05) is 53.4 Å². The van der Waals surface area contributed by atoms with E-state index in [-0.39, 0.29) is 5.15 Å². The van der Waals surface area contributed by atoms with E-state index in [1.54, 1.807) is 59.3 Å². The maximum absolute atomic E-state index is 13.4. The van der Waals surface area contributed by atoms with E-state index in [1.165, 1.54) is 24.2 Å². The molecule has 1 aliphatic heterocycles. The second-order valence-corrected chi connectivity index (χ2v) is 10.9. The van der Waals surface area contributed by atoms with Gasteiger partial charge in [-0.05, 0) is 58.5 Å². The molecule has 1 unspecified atom stereocenters. The number of anilines is 1. The van der Waals surface area contributed by atoms with Crippen molar-refractivity contribution in [1.29, 1.82) is 0 Å². The van der Waals surface area contributed by atoms with Crippen LogP contribution in [0.5, 0.6) is 5.88 Å².